The summed E-state index contributed by atoms with van der Waals surface area (Å²) in [5.74, 6) is 0.966. The first-order valence-corrected chi connectivity index (χ1v) is 9.00. The Hall–Kier alpha value is -2.79. The number of ether oxygens (including phenoxy) is 1. The van der Waals surface area contributed by atoms with Gasteiger partial charge in [0.15, 0.2) is 5.69 Å². The molecule has 0 atom stereocenters. The van der Waals surface area contributed by atoms with Crippen LogP contribution in [0, 0.1) is 20.8 Å². The first-order valence-electron chi connectivity index (χ1n) is 8.62. The molecule has 0 aliphatic carbocycles. The summed E-state index contributed by atoms with van der Waals surface area (Å²) in [6.45, 7) is 6.34. The van der Waals surface area contributed by atoms with Crippen molar-refractivity contribution in [1.29, 1.82) is 0 Å². The molecule has 0 bridgehead atoms. The molecule has 0 aliphatic rings. The van der Waals surface area contributed by atoms with E-state index in [2.05, 4.69) is 10.5 Å². The number of carbonyl (C=O) groups is 1. The van der Waals surface area contributed by atoms with Gasteiger partial charge < -0.3 is 14.6 Å². The molecule has 1 heterocycles. The molecule has 6 heteroatoms. The average molecular weight is 385 g/mol. The number of benzene rings is 2. The molecule has 0 unspecified atom stereocenters. The van der Waals surface area contributed by atoms with Crippen molar-refractivity contribution >= 4 is 17.5 Å². The first-order chi connectivity index (χ1) is 13.0. The molecule has 5 nitrogen and oxygen atoms in total. The van der Waals surface area contributed by atoms with Gasteiger partial charge in [0.2, 0.25) is 0 Å². The molecule has 2 aromatic carbocycles. The number of hydrogen-bond donors (Lipinski definition) is 1. The fourth-order valence-corrected chi connectivity index (χ4v) is 2.80. The molecule has 0 spiro atoms. The number of carbonyl (C=O) groups excluding carboxylic acids is 1. The monoisotopic (exact) mass is 384 g/mol. The zero-order valence-electron chi connectivity index (χ0n) is 15.5. The summed E-state index contributed by atoms with van der Waals surface area (Å²) in [6.07, 6.45) is 0. The second-order valence-electron chi connectivity index (χ2n) is 6.37. The van der Waals surface area contributed by atoms with Crippen LogP contribution in [-0.2, 0) is 13.2 Å². The van der Waals surface area contributed by atoms with Crippen molar-refractivity contribution in [3.8, 4) is 5.75 Å². The Morgan fingerprint density at radius 2 is 1.93 bits per heavy atom. The van der Waals surface area contributed by atoms with Crippen molar-refractivity contribution in [1.82, 2.24) is 10.5 Å². The van der Waals surface area contributed by atoms with Crippen LogP contribution in [0.15, 0.2) is 47.0 Å². The average Bonchev–Trinajstić information content (AvgIpc) is 3.02. The topological polar surface area (TPSA) is 64.4 Å². The van der Waals surface area contributed by atoms with Crippen LogP contribution in [0.3, 0.4) is 0 Å². The standard InChI is InChI=1S/C21H21ClN2O3/c1-13-8-9-17(10-14(13)2)26-12-18-15(3)27-24-20(18)21(25)23-11-16-6-4-5-7-19(16)22/h4-10H,11-12H2,1-3H3,(H,23,25). The second kappa shape index (κ2) is 8.27. The zero-order valence-corrected chi connectivity index (χ0v) is 16.3. The van der Waals surface area contributed by atoms with Crippen molar-refractivity contribution in [3.63, 3.8) is 0 Å². The highest BCUT2D eigenvalue weighted by Crippen LogP contribution is 2.21. The summed E-state index contributed by atoms with van der Waals surface area (Å²) in [4.78, 5) is 12.5. The molecule has 0 aliphatic heterocycles. The SMILES string of the molecule is Cc1ccc(OCc2c(C(=O)NCc3ccccc3Cl)noc2C)cc1C. The lowest BCUT2D eigenvalue weighted by Crippen LogP contribution is -2.24. The minimum absolute atomic E-state index is 0.201. The highest BCUT2D eigenvalue weighted by Gasteiger charge is 2.20. The van der Waals surface area contributed by atoms with E-state index in [1.165, 1.54) is 5.56 Å². The van der Waals surface area contributed by atoms with Gasteiger partial charge in [-0.2, -0.15) is 0 Å². The number of halogens is 1. The van der Waals surface area contributed by atoms with Crippen LogP contribution in [0.4, 0.5) is 0 Å². The van der Waals surface area contributed by atoms with Crippen molar-refractivity contribution in [2.45, 2.75) is 33.9 Å². The van der Waals surface area contributed by atoms with Gasteiger partial charge in [-0.15, -0.1) is 0 Å². The lowest BCUT2D eigenvalue weighted by Gasteiger charge is -2.09. The summed E-state index contributed by atoms with van der Waals surface area (Å²) in [5.41, 5.74) is 4.03. The summed E-state index contributed by atoms with van der Waals surface area (Å²) >= 11 is 6.13. The van der Waals surface area contributed by atoms with Crippen LogP contribution in [-0.4, -0.2) is 11.1 Å². The Morgan fingerprint density at radius 3 is 2.67 bits per heavy atom. The lowest BCUT2D eigenvalue weighted by molar-refractivity contribution is 0.0939. The van der Waals surface area contributed by atoms with E-state index >= 15 is 0 Å². The Bertz CT molecular complexity index is 966. The highest BCUT2D eigenvalue weighted by molar-refractivity contribution is 6.31. The van der Waals surface area contributed by atoms with Crippen LogP contribution in [0.1, 0.15) is 38.5 Å². The van der Waals surface area contributed by atoms with Gasteiger partial charge in [0.1, 0.15) is 18.1 Å². The van der Waals surface area contributed by atoms with Gasteiger partial charge in [0.05, 0.1) is 5.56 Å². The number of aryl methyl sites for hydroxylation is 3. The number of aromatic nitrogens is 1. The number of amides is 1. The van der Waals surface area contributed by atoms with Gasteiger partial charge in [0.25, 0.3) is 5.91 Å². The molecule has 0 saturated heterocycles. The van der Waals surface area contributed by atoms with Crippen molar-refractivity contribution in [2.75, 3.05) is 0 Å². The smallest absolute Gasteiger partial charge is 0.274 e. The molecule has 1 N–H and O–H groups in total. The van der Waals surface area contributed by atoms with Crippen LogP contribution in [0.5, 0.6) is 5.75 Å². The minimum atomic E-state index is -0.328. The maximum atomic E-state index is 12.5. The van der Waals surface area contributed by atoms with Crippen molar-refractivity contribution in [2.24, 2.45) is 0 Å². The van der Waals surface area contributed by atoms with Crippen LogP contribution in [0.2, 0.25) is 5.02 Å². The summed E-state index contributed by atoms with van der Waals surface area (Å²) in [6, 6.07) is 13.2. The van der Waals surface area contributed by atoms with E-state index in [1.54, 1.807) is 13.0 Å². The second-order valence-corrected chi connectivity index (χ2v) is 6.78. The number of nitrogens with one attached hydrogen (secondary N) is 1. The quantitative estimate of drug-likeness (QED) is 0.665. The van der Waals surface area contributed by atoms with Crippen LogP contribution < -0.4 is 10.1 Å². The summed E-state index contributed by atoms with van der Waals surface area (Å²) in [5, 5.41) is 7.32. The van der Waals surface area contributed by atoms with E-state index < -0.39 is 0 Å². The molecule has 1 aromatic heterocycles. The Balaban J connectivity index is 1.69. The van der Waals surface area contributed by atoms with Gasteiger partial charge in [0, 0.05) is 11.6 Å². The molecular weight excluding hydrogens is 364 g/mol. The van der Waals surface area contributed by atoms with Gasteiger partial charge in [-0.05, 0) is 55.7 Å². The Morgan fingerprint density at radius 1 is 1.15 bits per heavy atom. The highest BCUT2D eigenvalue weighted by atomic mass is 35.5. The third-order valence-corrected chi connectivity index (χ3v) is 4.83. The van der Waals surface area contributed by atoms with E-state index in [0.717, 1.165) is 16.9 Å². The molecular formula is C21H21ClN2O3. The maximum Gasteiger partial charge on any atom is 0.274 e. The Kier molecular flexibility index (Phi) is 5.81. The molecule has 3 aromatic rings. The van der Waals surface area contributed by atoms with Crippen LogP contribution in [0.25, 0.3) is 0 Å². The van der Waals surface area contributed by atoms with Gasteiger partial charge in [-0.1, -0.05) is 41.0 Å². The lowest BCUT2D eigenvalue weighted by atomic mass is 10.1. The largest absolute Gasteiger partial charge is 0.489 e. The molecule has 27 heavy (non-hydrogen) atoms. The summed E-state index contributed by atoms with van der Waals surface area (Å²) < 4.78 is 11.0. The van der Waals surface area contributed by atoms with Gasteiger partial charge >= 0.3 is 0 Å². The third-order valence-electron chi connectivity index (χ3n) is 4.46. The molecule has 1 amide bonds. The Labute approximate surface area is 163 Å². The van der Waals surface area contributed by atoms with Gasteiger partial charge in [-0.3, -0.25) is 4.79 Å². The number of rotatable bonds is 6. The third kappa shape index (κ3) is 4.49. The van der Waals surface area contributed by atoms with Gasteiger partial charge in [-0.25, -0.2) is 0 Å². The first kappa shape index (κ1) is 19.0. The van der Waals surface area contributed by atoms with E-state index in [0.29, 0.717) is 22.9 Å². The van der Waals surface area contributed by atoms with Crippen molar-refractivity contribution < 1.29 is 14.1 Å². The van der Waals surface area contributed by atoms with Crippen LogP contribution >= 0.6 is 11.6 Å². The maximum absolute atomic E-state index is 12.5. The fraction of sp³-hybridized carbons (Fsp3) is 0.238. The predicted molar refractivity (Wildman–Crippen MR) is 104 cm³/mol. The fourth-order valence-electron chi connectivity index (χ4n) is 2.60. The van der Waals surface area contributed by atoms with E-state index in [-0.39, 0.29) is 18.2 Å². The van der Waals surface area contributed by atoms with E-state index in [9.17, 15) is 4.79 Å². The minimum Gasteiger partial charge on any atom is -0.489 e. The summed E-state index contributed by atoms with van der Waals surface area (Å²) in [7, 11) is 0. The molecule has 0 fully saturated rings. The number of hydrogen-bond acceptors (Lipinski definition) is 4. The van der Waals surface area contributed by atoms with E-state index in [1.807, 2.05) is 50.2 Å². The molecule has 0 radical (unpaired) electrons. The molecule has 3 rings (SSSR count). The van der Waals surface area contributed by atoms with E-state index in [4.69, 9.17) is 20.9 Å². The molecule has 0 saturated carbocycles. The molecule has 140 valence electrons. The zero-order chi connectivity index (χ0) is 19.4. The van der Waals surface area contributed by atoms with Crippen molar-refractivity contribution in [3.05, 3.63) is 81.2 Å². The predicted octanol–water partition coefficient (Wildman–Crippen LogP) is 4.76. The normalized spacial score (nSPS) is 10.7. The number of nitrogens with zero attached hydrogens (tertiary/aromatic N) is 1.